The summed E-state index contributed by atoms with van der Waals surface area (Å²) in [6.45, 7) is 0. The first kappa shape index (κ1) is 4.95. The van der Waals surface area contributed by atoms with Gasteiger partial charge in [0.1, 0.15) is 0 Å². The monoisotopic (exact) mass is 130 g/mol. The number of fused-ring (bicyclic) bond motifs is 2. The minimum Gasteiger partial charge on any atom is -0.0552 e. The van der Waals surface area contributed by atoms with Crippen LogP contribution in [-0.2, 0) is 25.7 Å². The summed E-state index contributed by atoms with van der Waals surface area (Å²) < 4.78 is 0. The zero-order chi connectivity index (χ0) is 6.55. The van der Waals surface area contributed by atoms with Crippen molar-refractivity contribution in [2.24, 2.45) is 0 Å². The van der Waals surface area contributed by atoms with Crippen molar-refractivity contribution in [3.8, 4) is 0 Å². The van der Waals surface area contributed by atoms with E-state index in [9.17, 15) is 0 Å². The molecule has 0 unspecified atom stereocenters. The van der Waals surface area contributed by atoms with Crippen molar-refractivity contribution in [1.29, 1.82) is 0 Å². The third-order valence-corrected chi connectivity index (χ3v) is 2.85. The van der Waals surface area contributed by atoms with Crippen molar-refractivity contribution < 1.29 is 0 Å². The molecule has 0 bridgehead atoms. The van der Waals surface area contributed by atoms with Crippen LogP contribution >= 0.6 is 0 Å². The Kier molecular flexibility index (Phi) is 0.715. The molecule has 0 amide bonds. The van der Waals surface area contributed by atoms with Crippen LogP contribution in [0.25, 0.3) is 0 Å². The second-order valence-corrected chi connectivity index (χ2v) is 3.39. The fourth-order valence-corrected chi connectivity index (χ4v) is 1.91. The van der Waals surface area contributed by atoms with Gasteiger partial charge in [0.25, 0.3) is 0 Å². The van der Waals surface area contributed by atoms with E-state index in [0.29, 0.717) is 0 Å². The number of benzene rings is 1. The maximum Gasteiger partial charge on any atom is -0.0235 e. The molecule has 0 heteroatoms. The average Bonchev–Trinajstić information content (AvgIpc) is 1.82. The highest BCUT2D eigenvalue weighted by molar-refractivity contribution is 5.47. The molecule has 0 radical (unpaired) electrons. The normalized spacial score (nSPS) is 18.4. The van der Waals surface area contributed by atoms with Crippen molar-refractivity contribution in [2.75, 3.05) is 0 Å². The van der Waals surface area contributed by atoms with Gasteiger partial charge in [0, 0.05) is 0 Å². The minimum atomic E-state index is 1.34. The zero-order valence-electron chi connectivity index (χ0n) is 5.98. The Hall–Kier alpha value is -0.780. The summed E-state index contributed by atoms with van der Waals surface area (Å²) in [5.74, 6) is 0. The van der Waals surface area contributed by atoms with Crippen molar-refractivity contribution in [2.45, 2.75) is 25.7 Å². The lowest BCUT2D eigenvalue weighted by molar-refractivity contribution is 0.775. The Balaban J connectivity index is 2.29. The number of rotatable bonds is 0. The molecule has 1 aromatic rings. The molecule has 10 heavy (non-hydrogen) atoms. The summed E-state index contributed by atoms with van der Waals surface area (Å²) in [6, 6.07) is 4.83. The van der Waals surface area contributed by atoms with Crippen molar-refractivity contribution in [1.82, 2.24) is 0 Å². The molecule has 3 rings (SSSR count). The molecule has 1 aromatic carbocycles. The molecule has 0 heterocycles. The average molecular weight is 130 g/mol. The van der Waals surface area contributed by atoms with Crippen molar-refractivity contribution >= 4 is 0 Å². The van der Waals surface area contributed by atoms with Crippen molar-refractivity contribution in [3.63, 3.8) is 0 Å². The molecule has 0 spiro atoms. The van der Waals surface area contributed by atoms with Gasteiger partial charge in [0.15, 0.2) is 0 Å². The molecule has 0 saturated carbocycles. The quantitative estimate of drug-likeness (QED) is 0.503. The Morgan fingerprint density at radius 3 is 1.10 bits per heavy atom. The summed E-state index contributed by atoms with van der Waals surface area (Å²) in [5.41, 5.74) is 6.49. The van der Waals surface area contributed by atoms with E-state index in [1.165, 1.54) is 25.7 Å². The molecule has 0 saturated heterocycles. The first-order valence-electron chi connectivity index (χ1n) is 4.07. The van der Waals surface area contributed by atoms with Crippen LogP contribution in [0.1, 0.15) is 22.3 Å². The van der Waals surface area contributed by atoms with Crippen LogP contribution in [0, 0.1) is 0 Å². The summed E-state index contributed by atoms with van der Waals surface area (Å²) in [5, 5.41) is 0. The van der Waals surface area contributed by atoms with E-state index >= 15 is 0 Å². The number of hydrogen-bond acceptors (Lipinski definition) is 0. The summed E-state index contributed by atoms with van der Waals surface area (Å²) in [7, 11) is 0. The highest BCUT2D eigenvalue weighted by atomic mass is 14.2. The summed E-state index contributed by atoms with van der Waals surface area (Å²) >= 11 is 0. The van der Waals surface area contributed by atoms with Crippen LogP contribution in [-0.4, -0.2) is 0 Å². The van der Waals surface area contributed by atoms with Crippen LogP contribution in [0.2, 0.25) is 0 Å². The topological polar surface area (TPSA) is 0 Å². The Morgan fingerprint density at radius 2 is 0.900 bits per heavy atom. The predicted octanol–water partition coefficient (Wildman–Crippen LogP) is 1.88. The lowest BCUT2D eigenvalue weighted by Gasteiger charge is -2.27. The molecule has 0 fully saturated rings. The van der Waals surface area contributed by atoms with E-state index in [0.717, 1.165) is 0 Å². The van der Waals surface area contributed by atoms with Crippen molar-refractivity contribution in [3.05, 3.63) is 34.4 Å². The standard InChI is InChI=1S/C10H10/c1-2-8-6-10-4-3-9(10)5-7(1)8/h5-6H,1-4H2. The molecule has 2 aliphatic rings. The fraction of sp³-hybridized carbons (Fsp3) is 0.400. The maximum atomic E-state index is 2.41. The van der Waals surface area contributed by atoms with E-state index in [4.69, 9.17) is 0 Å². The third kappa shape index (κ3) is 0.439. The van der Waals surface area contributed by atoms with Gasteiger partial charge >= 0.3 is 0 Å². The van der Waals surface area contributed by atoms with Gasteiger partial charge in [-0.3, -0.25) is 0 Å². The molecule has 0 N–H and O–H groups in total. The number of aryl methyl sites for hydroxylation is 4. The second kappa shape index (κ2) is 1.45. The van der Waals surface area contributed by atoms with Gasteiger partial charge in [-0.15, -0.1) is 0 Å². The van der Waals surface area contributed by atoms with Gasteiger partial charge < -0.3 is 0 Å². The van der Waals surface area contributed by atoms with Gasteiger partial charge in [-0.05, 0) is 47.9 Å². The van der Waals surface area contributed by atoms with Gasteiger partial charge in [0.05, 0.1) is 0 Å². The molecule has 50 valence electrons. The Bertz CT molecular complexity index is 239. The van der Waals surface area contributed by atoms with Crippen LogP contribution in [0.4, 0.5) is 0 Å². The van der Waals surface area contributed by atoms with Crippen LogP contribution in [0.3, 0.4) is 0 Å². The summed E-state index contributed by atoms with van der Waals surface area (Å²) in [6.07, 6.45) is 5.34. The molecular weight excluding hydrogens is 120 g/mol. The van der Waals surface area contributed by atoms with Crippen LogP contribution in [0.15, 0.2) is 12.1 Å². The lowest BCUT2D eigenvalue weighted by Crippen LogP contribution is -2.16. The van der Waals surface area contributed by atoms with E-state index in [1.807, 2.05) is 0 Å². The Labute approximate surface area is 60.9 Å². The molecule has 0 aromatic heterocycles. The maximum absolute atomic E-state index is 2.41. The van der Waals surface area contributed by atoms with Gasteiger partial charge in [-0.1, -0.05) is 12.1 Å². The van der Waals surface area contributed by atoms with Crippen LogP contribution < -0.4 is 0 Å². The zero-order valence-corrected chi connectivity index (χ0v) is 5.98. The minimum absolute atomic E-state index is 1.34. The molecule has 0 nitrogen and oxygen atoms in total. The summed E-state index contributed by atoms with van der Waals surface area (Å²) in [4.78, 5) is 0. The highest BCUT2D eigenvalue weighted by Crippen LogP contribution is 2.31. The van der Waals surface area contributed by atoms with E-state index in [2.05, 4.69) is 12.1 Å². The van der Waals surface area contributed by atoms with Gasteiger partial charge in [-0.2, -0.15) is 0 Å². The fourth-order valence-electron chi connectivity index (χ4n) is 1.91. The van der Waals surface area contributed by atoms with E-state index in [-0.39, 0.29) is 0 Å². The predicted molar refractivity (Wildman–Crippen MR) is 41.3 cm³/mol. The first-order valence-corrected chi connectivity index (χ1v) is 4.07. The van der Waals surface area contributed by atoms with Gasteiger partial charge in [-0.25, -0.2) is 0 Å². The van der Waals surface area contributed by atoms with Gasteiger partial charge in [0.2, 0.25) is 0 Å². The lowest BCUT2D eigenvalue weighted by atomic mass is 9.78. The molecular formula is C10H10. The molecule has 2 aliphatic carbocycles. The highest BCUT2D eigenvalue weighted by Gasteiger charge is 2.20. The molecule has 0 aliphatic heterocycles. The van der Waals surface area contributed by atoms with Crippen LogP contribution in [0.5, 0.6) is 0 Å². The molecule has 0 atom stereocenters. The van der Waals surface area contributed by atoms with E-state index in [1.54, 1.807) is 22.3 Å². The van der Waals surface area contributed by atoms with E-state index < -0.39 is 0 Å². The smallest absolute Gasteiger partial charge is 0.0235 e. The third-order valence-electron chi connectivity index (χ3n) is 2.85. The second-order valence-electron chi connectivity index (χ2n) is 3.39. The largest absolute Gasteiger partial charge is 0.0552 e. The number of hydrogen-bond donors (Lipinski definition) is 0. The Morgan fingerprint density at radius 1 is 0.600 bits per heavy atom. The first-order chi connectivity index (χ1) is 4.93. The SMILES string of the molecule is c1c2c(cc3c1CC3)CC2.